The Morgan fingerprint density at radius 3 is 2.90 bits per heavy atom. The highest BCUT2D eigenvalue weighted by molar-refractivity contribution is 5.67. The molecule has 2 aromatic heterocycles. The van der Waals surface area contributed by atoms with Crippen LogP contribution < -0.4 is 5.32 Å². The number of likely N-dealkylation sites (tertiary alicyclic amines) is 1. The number of carbonyl (C=O) groups excluding carboxylic acids is 1. The molecular weight excluding hydrogens is 373 g/mol. The molecule has 1 amide bonds. The largest absolute Gasteiger partial charge is 0.445 e. The topological polar surface area (TPSA) is 71.8 Å². The van der Waals surface area contributed by atoms with E-state index < -0.39 is 12.3 Å². The van der Waals surface area contributed by atoms with Gasteiger partial charge in [-0.05, 0) is 31.0 Å². The van der Waals surface area contributed by atoms with Crippen LogP contribution in [0.5, 0.6) is 0 Å². The van der Waals surface area contributed by atoms with Gasteiger partial charge < -0.3 is 15.0 Å². The van der Waals surface area contributed by atoms with Crippen LogP contribution >= 0.6 is 0 Å². The standard InChI is InChI=1S/C21H24FN5O2/c1-15-5-7-16(8-6-15)13-29-21(28)26-10-9-17(18(22)12-26)11-23-19-3-2-4-20-25-24-14-27(19)20/h2-8,14,17-18,23H,9-13H2,1H3. The summed E-state index contributed by atoms with van der Waals surface area (Å²) in [5.41, 5.74) is 2.80. The Morgan fingerprint density at radius 2 is 2.10 bits per heavy atom. The van der Waals surface area contributed by atoms with E-state index in [1.54, 1.807) is 6.33 Å². The summed E-state index contributed by atoms with van der Waals surface area (Å²) in [5, 5.41) is 11.2. The number of nitrogens with zero attached hydrogens (tertiary/aromatic N) is 4. The fraction of sp³-hybridized carbons (Fsp3) is 0.381. The van der Waals surface area contributed by atoms with E-state index in [0.717, 1.165) is 22.6 Å². The van der Waals surface area contributed by atoms with E-state index in [4.69, 9.17) is 4.74 Å². The fourth-order valence-electron chi connectivity index (χ4n) is 3.50. The normalized spacial score (nSPS) is 19.3. The number of hydrogen-bond acceptors (Lipinski definition) is 5. The fourth-order valence-corrected chi connectivity index (χ4v) is 3.50. The third-order valence-corrected chi connectivity index (χ3v) is 5.30. The van der Waals surface area contributed by atoms with Crippen LogP contribution in [0.25, 0.3) is 5.65 Å². The summed E-state index contributed by atoms with van der Waals surface area (Å²) in [5.74, 6) is 0.641. The molecule has 3 heterocycles. The number of alkyl halides is 1. The highest BCUT2D eigenvalue weighted by atomic mass is 19.1. The first-order chi connectivity index (χ1) is 14.1. The Labute approximate surface area is 168 Å². The van der Waals surface area contributed by atoms with Gasteiger partial charge in [-0.25, -0.2) is 9.18 Å². The molecule has 0 aliphatic carbocycles. The van der Waals surface area contributed by atoms with Gasteiger partial charge in [0.25, 0.3) is 0 Å². The highest BCUT2D eigenvalue weighted by Crippen LogP contribution is 2.22. The first kappa shape index (κ1) is 19.2. The van der Waals surface area contributed by atoms with Crippen molar-refractivity contribution in [2.45, 2.75) is 26.1 Å². The molecular formula is C21H24FN5O2. The van der Waals surface area contributed by atoms with Crippen LogP contribution in [-0.4, -0.2) is 51.4 Å². The summed E-state index contributed by atoms with van der Waals surface area (Å²) < 4.78 is 21.9. The minimum absolute atomic E-state index is 0.0515. The summed E-state index contributed by atoms with van der Waals surface area (Å²) in [6.07, 6.45) is 0.626. The van der Waals surface area contributed by atoms with E-state index in [1.807, 2.05) is 53.8 Å². The van der Waals surface area contributed by atoms with E-state index in [-0.39, 0.29) is 19.1 Å². The number of anilines is 1. The second kappa shape index (κ2) is 8.46. The van der Waals surface area contributed by atoms with Gasteiger partial charge in [0, 0.05) is 19.0 Å². The molecule has 0 spiro atoms. The first-order valence-corrected chi connectivity index (χ1v) is 9.74. The lowest BCUT2D eigenvalue weighted by molar-refractivity contribution is 0.0544. The summed E-state index contributed by atoms with van der Waals surface area (Å²) in [6, 6.07) is 13.4. The molecule has 29 heavy (non-hydrogen) atoms. The third kappa shape index (κ3) is 4.47. The van der Waals surface area contributed by atoms with E-state index in [0.29, 0.717) is 19.5 Å². The van der Waals surface area contributed by atoms with Crippen LogP contribution in [0.1, 0.15) is 17.5 Å². The number of pyridine rings is 1. The number of aromatic nitrogens is 3. The lowest BCUT2D eigenvalue weighted by Gasteiger charge is -2.34. The van der Waals surface area contributed by atoms with Crippen LogP contribution in [0, 0.1) is 12.8 Å². The number of hydrogen-bond donors (Lipinski definition) is 1. The number of piperidine rings is 1. The Bertz CT molecular complexity index is 975. The van der Waals surface area contributed by atoms with Gasteiger partial charge >= 0.3 is 6.09 Å². The molecule has 2 unspecified atom stereocenters. The molecule has 1 aliphatic rings. The van der Waals surface area contributed by atoms with Crippen molar-refractivity contribution in [1.29, 1.82) is 0 Å². The van der Waals surface area contributed by atoms with Crippen molar-refractivity contribution in [2.24, 2.45) is 5.92 Å². The van der Waals surface area contributed by atoms with Crippen LogP contribution in [-0.2, 0) is 11.3 Å². The first-order valence-electron chi connectivity index (χ1n) is 9.74. The summed E-state index contributed by atoms with van der Waals surface area (Å²) >= 11 is 0. The molecule has 152 valence electrons. The molecule has 0 saturated carbocycles. The molecule has 1 N–H and O–H groups in total. The zero-order valence-corrected chi connectivity index (χ0v) is 16.3. The van der Waals surface area contributed by atoms with E-state index >= 15 is 0 Å². The predicted molar refractivity (Wildman–Crippen MR) is 107 cm³/mol. The molecule has 1 aliphatic heterocycles. The summed E-state index contributed by atoms with van der Waals surface area (Å²) in [7, 11) is 0. The second-order valence-electron chi connectivity index (χ2n) is 7.40. The summed E-state index contributed by atoms with van der Waals surface area (Å²) in [6.45, 7) is 3.21. The molecule has 2 atom stereocenters. The number of benzene rings is 1. The van der Waals surface area contributed by atoms with Crippen molar-refractivity contribution in [1.82, 2.24) is 19.5 Å². The van der Waals surface area contributed by atoms with Gasteiger partial charge in [-0.3, -0.25) is 4.40 Å². The van der Waals surface area contributed by atoms with Crippen LogP contribution in [0.2, 0.25) is 0 Å². The van der Waals surface area contributed by atoms with Crippen molar-refractivity contribution in [3.05, 3.63) is 59.9 Å². The Hall–Kier alpha value is -3.16. The van der Waals surface area contributed by atoms with Crippen molar-refractivity contribution in [3.8, 4) is 0 Å². The predicted octanol–water partition coefficient (Wildman–Crippen LogP) is 3.45. The zero-order valence-electron chi connectivity index (χ0n) is 16.3. The van der Waals surface area contributed by atoms with Crippen molar-refractivity contribution < 1.29 is 13.9 Å². The molecule has 3 aromatic rings. The van der Waals surface area contributed by atoms with Gasteiger partial charge in [0.2, 0.25) is 0 Å². The maximum atomic E-state index is 14.7. The molecule has 1 aromatic carbocycles. The number of nitrogens with one attached hydrogen (secondary N) is 1. The van der Waals surface area contributed by atoms with Gasteiger partial charge in [0.05, 0.1) is 6.54 Å². The lowest BCUT2D eigenvalue weighted by Crippen LogP contribution is -2.46. The second-order valence-corrected chi connectivity index (χ2v) is 7.40. The average molecular weight is 397 g/mol. The number of fused-ring (bicyclic) bond motifs is 1. The molecule has 8 heteroatoms. The minimum Gasteiger partial charge on any atom is -0.445 e. The quantitative estimate of drug-likeness (QED) is 0.714. The Kier molecular flexibility index (Phi) is 5.59. The number of ether oxygens (including phenoxy) is 1. The number of halogens is 1. The van der Waals surface area contributed by atoms with E-state index in [9.17, 15) is 9.18 Å². The van der Waals surface area contributed by atoms with Crippen molar-refractivity contribution in [3.63, 3.8) is 0 Å². The highest BCUT2D eigenvalue weighted by Gasteiger charge is 2.32. The van der Waals surface area contributed by atoms with E-state index in [1.165, 1.54) is 4.90 Å². The number of amides is 1. The van der Waals surface area contributed by atoms with Gasteiger partial charge in [0.15, 0.2) is 5.65 Å². The van der Waals surface area contributed by atoms with Gasteiger partial charge in [0.1, 0.15) is 24.9 Å². The van der Waals surface area contributed by atoms with Gasteiger partial charge in [-0.2, -0.15) is 0 Å². The summed E-state index contributed by atoms with van der Waals surface area (Å²) in [4.78, 5) is 13.7. The zero-order chi connectivity index (χ0) is 20.2. The molecule has 1 saturated heterocycles. The Balaban J connectivity index is 1.27. The molecule has 1 fully saturated rings. The van der Waals surface area contributed by atoms with Crippen molar-refractivity contribution >= 4 is 17.6 Å². The number of rotatable bonds is 5. The SMILES string of the molecule is Cc1ccc(COC(=O)N2CCC(CNc3cccc4nncn34)C(F)C2)cc1. The van der Waals surface area contributed by atoms with Crippen LogP contribution in [0.4, 0.5) is 15.0 Å². The average Bonchev–Trinajstić information content (AvgIpc) is 3.22. The number of carbonyl (C=O) groups is 1. The molecule has 0 radical (unpaired) electrons. The monoisotopic (exact) mass is 397 g/mol. The third-order valence-electron chi connectivity index (χ3n) is 5.30. The molecule has 4 rings (SSSR count). The maximum Gasteiger partial charge on any atom is 0.410 e. The molecule has 0 bridgehead atoms. The smallest absolute Gasteiger partial charge is 0.410 e. The van der Waals surface area contributed by atoms with Gasteiger partial charge in [-0.1, -0.05) is 35.9 Å². The van der Waals surface area contributed by atoms with Crippen LogP contribution in [0.15, 0.2) is 48.8 Å². The molecule has 7 nitrogen and oxygen atoms in total. The van der Waals surface area contributed by atoms with Crippen LogP contribution in [0.3, 0.4) is 0 Å². The number of aryl methyl sites for hydroxylation is 1. The van der Waals surface area contributed by atoms with Gasteiger partial charge in [-0.15, -0.1) is 10.2 Å². The minimum atomic E-state index is -1.11. The maximum absolute atomic E-state index is 14.7. The lowest BCUT2D eigenvalue weighted by atomic mass is 9.95. The van der Waals surface area contributed by atoms with Crippen molar-refractivity contribution in [2.75, 3.05) is 25.0 Å². The Morgan fingerprint density at radius 1 is 1.28 bits per heavy atom. The van der Waals surface area contributed by atoms with E-state index in [2.05, 4.69) is 15.5 Å².